The van der Waals surface area contributed by atoms with Crippen LogP contribution in [0.5, 0.6) is 0 Å². The first-order chi connectivity index (χ1) is 6.38. The predicted molar refractivity (Wildman–Crippen MR) is 54.8 cm³/mol. The Kier molecular flexibility index (Phi) is 4.54. The minimum absolute atomic E-state index is 0.968. The number of rotatable bonds is 6. The SMILES string of the molecule is CCCNCCc1ccnn1CC. The topological polar surface area (TPSA) is 29.9 Å². The molecule has 0 bridgehead atoms. The summed E-state index contributed by atoms with van der Waals surface area (Å²) < 4.78 is 2.05. The van der Waals surface area contributed by atoms with Crippen molar-refractivity contribution in [1.29, 1.82) is 0 Å². The molecule has 0 aliphatic rings. The predicted octanol–water partition coefficient (Wildman–Crippen LogP) is 1.45. The fourth-order valence-corrected chi connectivity index (χ4v) is 1.38. The molecule has 13 heavy (non-hydrogen) atoms. The molecule has 1 heterocycles. The maximum atomic E-state index is 4.22. The third kappa shape index (κ3) is 3.19. The highest BCUT2D eigenvalue weighted by atomic mass is 15.3. The Bertz CT molecular complexity index is 230. The van der Waals surface area contributed by atoms with E-state index in [1.54, 1.807) is 0 Å². The highest BCUT2D eigenvalue weighted by molar-refractivity contribution is 5.00. The largest absolute Gasteiger partial charge is 0.316 e. The standard InChI is InChI=1S/C10H19N3/c1-3-7-11-8-5-10-6-9-12-13(10)4-2/h6,9,11H,3-5,7-8H2,1-2H3. The van der Waals surface area contributed by atoms with Crippen molar-refractivity contribution in [1.82, 2.24) is 15.1 Å². The van der Waals surface area contributed by atoms with E-state index in [1.165, 1.54) is 12.1 Å². The molecule has 1 aromatic heterocycles. The normalized spacial score (nSPS) is 10.6. The summed E-state index contributed by atoms with van der Waals surface area (Å²) in [7, 11) is 0. The summed E-state index contributed by atoms with van der Waals surface area (Å²) >= 11 is 0. The number of aryl methyl sites for hydroxylation is 1. The smallest absolute Gasteiger partial charge is 0.0492 e. The van der Waals surface area contributed by atoms with Crippen LogP contribution in [-0.2, 0) is 13.0 Å². The Morgan fingerprint density at radius 1 is 1.38 bits per heavy atom. The fraction of sp³-hybridized carbons (Fsp3) is 0.700. The van der Waals surface area contributed by atoms with Gasteiger partial charge in [-0.05, 0) is 26.0 Å². The summed E-state index contributed by atoms with van der Waals surface area (Å²) in [6.07, 6.45) is 4.15. The molecular weight excluding hydrogens is 162 g/mol. The summed E-state index contributed by atoms with van der Waals surface area (Å²) in [6.45, 7) is 7.44. The summed E-state index contributed by atoms with van der Waals surface area (Å²) in [5.41, 5.74) is 1.33. The third-order valence-corrected chi connectivity index (χ3v) is 2.09. The van der Waals surface area contributed by atoms with Gasteiger partial charge in [0, 0.05) is 31.4 Å². The van der Waals surface area contributed by atoms with Crippen LogP contribution in [0.4, 0.5) is 0 Å². The Morgan fingerprint density at radius 3 is 2.92 bits per heavy atom. The molecule has 0 fully saturated rings. The van der Waals surface area contributed by atoms with Crippen LogP contribution in [0, 0.1) is 0 Å². The maximum Gasteiger partial charge on any atom is 0.0492 e. The third-order valence-electron chi connectivity index (χ3n) is 2.09. The molecule has 3 heteroatoms. The monoisotopic (exact) mass is 181 g/mol. The van der Waals surface area contributed by atoms with E-state index in [0.717, 1.165) is 26.1 Å². The molecule has 0 unspecified atom stereocenters. The first kappa shape index (κ1) is 10.3. The highest BCUT2D eigenvalue weighted by Gasteiger charge is 1.98. The van der Waals surface area contributed by atoms with Crippen molar-refractivity contribution in [2.45, 2.75) is 33.2 Å². The lowest BCUT2D eigenvalue weighted by molar-refractivity contribution is 0.596. The zero-order chi connectivity index (χ0) is 9.52. The molecule has 0 saturated heterocycles. The van der Waals surface area contributed by atoms with E-state index < -0.39 is 0 Å². The zero-order valence-electron chi connectivity index (χ0n) is 8.58. The van der Waals surface area contributed by atoms with Crippen LogP contribution in [0.2, 0.25) is 0 Å². The van der Waals surface area contributed by atoms with Gasteiger partial charge in [0.1, 0.15) is 0 Å². The average molecular weight is 181 g/mol. The van der Waals surface area contributed by atoms with Gasteiger partial charge in [-0.2, -0.15) is 5.10 Å². The molecule has 0 amide bonds. The lowest BCUT2D eigenvalue weighted by atomic mass is 10.3. The Labute approximate surface area is 80.1 Å². The molecule has 1 aromatic rings. The van der Waals surface area contributed by atoms with Crippen LogP contribution in [0.15, 0.2) is 12.3 Å². The van der Waals surface area contributed by atoms with E-state index in [1.807, 2.05) is 10.9 Å². The van der Waals surface area contributed by atoms with Gasteiger partial charge in [0.25, 0.3) is 0 Å². The zero-order valence-corrected chi connectivity index (χ0v) is 8.58. The van der Waals surface area contributed by atoms with E-state index >= 15 is 0 Å². The maximum absolute atomic E-state index is 4.22. The second-order valence-corrected chi connectivity index (χ2v) is 3.14. The molecule has 1 rings (SSSR count). The van der Waals surface area contributed by atoms with Crippen LogP contribution in [0.25, 0.3) is 0 Å². The Hall–Kier alpha value is -0.830. The van der Waals surface area contributed by atoms with Gasteiger partial charge in [-0.15, -0.1) is 0 Å². The number of nitrogens with one attached hydrogen (secondary N) is 1. The van der Waals surface area contributed by atoms with Gasteiger partial charge < -0.3 is 5.32 Å². The van der Waals surface area contributed by atoms with Crippen LogP contribution >= 0.6 is 0 Å². The fourth-order valence-electron chi connectivity index (χ4n) is 1.38. The van der Waals surface area contributed by atoms with E-state index in [0.29, 0.717) is 0 Å². The molecule has 0 saturated carbocycles. The molecule has 3 nitrogen and oxygen atoms in total. The molecule has 0 spiro atoms. The van der Waals surface area contributed by atoms with Crippen molar-refractivity contribution in [3.63, 3.8) is 0 Å². The molecule has 1 N–H and O–H groups in total. The van der Waals surface area contributed by atoms with Gasteiger partial charge in [-0.3, -0.25) is 4.68 Å². The van der Waals surface area contributed by atoms with Crippen molar-refractivity contribution >= 4 is 0 Å². The minimum Gasteiger partial charge on any atom is -0.316 e. The van der Waals surface area contributed by atoms with E-state index in [9.17, 15) is 0 Å². The minimum atomic E-state index is 0.968. The van der Waals surface area contributed by atoms with Gasteiger partial charge in [-0.1, -0.05) is 6.92 Å². The number of nitrogens with zero attached hydrogens (tertiary/aromatic N) is 2. The van der Waals surface area contributed by atoms with Gasteiger partial charge >= 0.3 is 0 Å². The van der Waals surface area contributed by atoms with Gasteiger partial charge in [0.2, 0.25) is 0 Å². The average Bonchev–Trinajstić information content (AvgIpc) is 2.60. The first-order valence-corrected chi connectivity index (χ1v) is 5.09. The second-order valence-electron chi connectivity index (χ2n) is 3.14. The summed E-state index contributed by atoms with van der Waals surface area (Å²) in [4.78, 5) is 0. The quantitative estimate of drug-likeness (QED) is 0.673. The lowest BCUT2D eigenvalue weighted by Gasteiger charge is -2.05. The van der Waals surface area contributed by atoms with Crippen molar-refractivity contribution in [3.05, 3.63) is 18.0 Å². The second kappa shape index (κ2) is 5.75. The Morgan fingerprint density at radius 2 is 2.23 bits per heavy atom. The van der Waals surface area contributed by atoms with Crippen LogP contribution in [0.1, 0.15) is 26.0 Å². The molecule has 0 radical (unpaired) electrons. The van der Waals surface area contributed by atoms with Gasteiger partial charge in [-0.25, -0.2) is 0 Å². The van der Waals surface area contributed by atoms with E-state index in [4.69, 9.17) is 0 Å². The van der Waals surface area contributed by atoms with Gasteiger partial charge in [0.05, 0.1) is 0 Å². The summed E-state index contributed by atoms with van der Waals surface area (Å²) in [6, 6.07) is 2.09. The van der Waals surface area contributed by atoms with Crippen molar-refractivity contribution in [2.75, 3.05) is 13.1 Å². The molecular formula is C10H19N3. The van der Waals surface area contributed by atoms with Crippen molar-refractivity contribution < 1.29 is 0 Å². The summed E-state index contributed by atoms with van der Waals surface area (Å²) in [5.74, 6) is 0. The van der Waals surface area contributed by atoms with Crippen LogP contribution in [0.3, 0.4) is 0 Å². The van der Waals surface area contributed by atoms with Crippen LogP contribution in [-0.4, -0.2) is 22.9 Å². The Balaban J connectivity index is 2.27. The number of aromatic nitrogens is 2. The first-order valence-electron chi connectivity index (χ1n) is 5.09. The van der Waals surface area contributed by atoms with Crippen molar-refractivity contribution in [3.8, 4) is 0 Å². The molecule has 0 aliphatic carbocycles. The molecule has 74 valence electrons. The van der Waals surface area contributed by atoms with E-state index in [-0.39, 0.29) is 0 Å². The van der Waals surface area contributed by atoms with Crippen LogP contribution < -0.4 is 5.32 Å². The molecule has 0 aliphatic heterocycles. The number of hydrogen-bond acceptors (Lipinski definition) is 2. The van der Waals surface area contributed by atoms with E-state index in [2.05, 4.69) is 30.3 Å². The van der Waals surface area contributed by atoms with Gasteiger partial charge in [0.15, 0.2) is 0 Å². The lowest BCUT2D eigenvalue weighted by Crippen LogP contribution is -2.19. The number of hydrogen-bond donors (Lipinski definition) is 1. The van der Waals surface area contributed by atoms with Crippen molar-refractivity contribution in [2.24, 2.45) is 0 Å². The molecule has 0 aromatic carbocycles. The summed E-state index contributed by atoms with van der Waals surface area (Å²) in [5, 5.41) is 7.61. The molecule has 0 atom stereocenters. The highest BCUT2D eigenvalue weighted by Crippen LogP contribution is 1.98.